The summed E-state index contributed by atoms with van der Waals surface area (Å²) in [6.45, 7) is 7.61. The molecule has 4 nitrogen and oxygen atoms in total. The Morgan fingerprint density at radius 3 is 2.80 bits per heavy atom. The second kappa shape index (κ2) is 6.12. The predicted molar refractivity (Wildman–Crippen MR) is 64.1 cm³/mol. The summed E-state index contributed by atoms with van der Waals surface area (Å²) < 4.78 is 1.82. The quantitative estimate of drug-likeness (QED) is 0.752. The fourth-order valence-electron chi connectivity index (χ4n) is 1.55. The summed E-state index contributed by atoms with van der Waals surface area (Å²) >= 11 is 1.78. The van der Waals surface area contributed by atoms with Gasteiger partial charge in [-0.05, 0) is 19.9 Å². The SMILES string of the molecule is CCNC(C)CC(C)Sc1ncnn1C. The molecule has 0 bridgehead atoms. The second-order valence-electron chi connectivity index (χ2n) is 3.79. The normalized spacial score (nSPS) is 15.2. The third-order valence-electron chi connectivity index (χ3n) is 2.21. The van der Waals surface area contributed by atoms with Gasteiger partial charge < -0.3 is 5.32 Å². The topological polar surface area (TPSA) is 42.7 Å². The zero-order chi connectivity index (χ0) is 11.3. The van der Waals surface area contributed by atoms with Gasteiger partial charge in [0.15, 0.2) is 5.16 Å². The second-order valence-corrected chi connectivity index (χ2v) is 5.19. The fourth-order valence-corrected chi connectivity index (χ4v) is 2.60. The number of nitrogens with zero attached hydrogens (tertiary/aromatic N) is 3. The molecule has 0 aromatic carbocycles. The van der Waals surface area contributed by atoms with Crippen molar-refractivity contribution in [2.45, 2.75) is 43.6 Å². The zero-order valence-corrected chi connectivity index (χ0v) is 10.7. The number of aryl methyl sites for hydroxylation is 1. The number of aromatic nitrogens is 3. The van der Waals surface area contributed by atoms with Crippen LogP contribution in [0.2, 0.25) is 0 Å². The Balaban J connectivity index is 2.36. The highest BCUT2D eigenvalue weighted by Crippen LogP contribution is 2.22. The van der Waals surface area contributed by atoms with Crippen molar-refractivity contribution in [2.75, 3.05) is 6.54 Å². The molecular formula is C10H20N4S. The van der Waals surface area contributed by atoms with Crippen molar-refractivity contribution < 1.29 is 0 Å². The van der Waals surface area contributed by atoms with Gasteiger partial charge in [0.25, 0.3) is 0 Å². The Kier molecular flexibility index (Phi) is 5.11. The average Bonchev–Trinajstić information content (AvgIpc) is 2.52. The number of nitrogens with one attached hydrogen (secondary N) is 1. The van der Waals surface area contributed by atoms with Crippen LogP contribution in [0.5, 0.6) is 0 Å². The molecule has 0 aliphatic rings. The van der Waals surface area contributed by atoms with Gasteiger partial charge in [0.1, 0.15) is 6.33 Å². The molecule has 1 aromatic rings. The molecule has 0 spiro atoms. The van der Waals surface area contributed by atoms with Crippen molar-refractivity contribution in [1.82, 2.24) is 20.1 Å². The smallest absolute Gasteiger partial charge is 0.186 e. The van der Waals surface area contributed by atoms with Gasteiger partial charge >= 0.3 is 0 Å². The van der Waals surface area contributed by atoms with Crippen LogP contribution in [0, 0.1) is 0 Å². The number of rotatable bonds is 6. The monoisotopic (exact) mass is 228 g/mol. The highest BCUT2D eigenvalue weighted by molar-refractivity contribution is 7.99. The van der Waals surface area contributed by atoms with Crippen molar-refractivity contribution in [2.24, 2.45) is 7.05 Å². The molecule has 0 saturated carbocycles. The maximum Gasteiger partial charge on any atom is 0.186 e. The summed E-state index contributed by atoms with van der Waals surface area (Å²) in [7, 11) is 1.93. The fraction of sp³-hybridized carbons (Fsp3) is 0.800. The average molecular weight is 228 g/mol. The van der Waals surface area contributed by atoms with E-state index < -0.39 is 0 Å². The van der Waals surface area contributed by atoms with Gasteiger partial charge in [-0.1, -0.05) is 25.6 Å². The van der Waals surface area contributed by atoms with Crippen LogP contribution in [0.25, 0.3) is 0 Å². The minimum Gasteiger partial charge on any atom is -0.314 e. The molecule has 0 amide bonds. The summed E-state index contributed by atoms with van der Waals surface area (Å²) in [6.07, 6.45) is 2.74. The van der Waals surface area contributed by atoms with E-state index in [1.54, 1.807) is 18.1 Å². The molecule has 0 radical (unpaired) electrons. The van der Waals surface area contributed by atoms with Gasteiger partial charge in [-0.2, -0.15) is 5.10 Å². The molecule has 0 aliphatic heterocycles. The van der Waals surface area contributed by atoms with Crippen LogP contribution >= 0.6 is 11.8 Å². The van der Waals surface area contributed by atoms with E-state index in [1.807, 2.05) is 11.7 Å². The minimum absolute atomic E-state index is 0.557. The maximum absolute atomic E-state index is 4.20. The molecule has 15 heavy (non-hydrogen) atoms. The van der Waals surface area contributed by atoms with Crippen molar-refractivity contribution in [3.05, 3.63) is 6.33 Å². The first-order valence-corrected chi connectivity index (χ1v) is 6.25. The molecule has 1 aromatic heterocycles. The van der Waals surface area contributed by atoms with Crippen molar-refractivity contribution in [3.8, 4) is 0 Å². The first kappa shape index (κ1) is 12.5. The zero-order valence-electron chi connectivity index (χ0n) is 9.90. The predicted octanol–water partition coefficient (Wildman–Crippen LogP) is 1.68. The molecule has 0 aliphatic carbocycles. The van der Waals surface area contributed by atoms with E-state index in [2.05, 4.69) is 36.2 Å². The van der Waals surface area contributed by atoms with E-state index in [1.165, 1.54) is 0 Å². The van der Waals surface area contributed by atoms with Crippen LogP contribution < -0.4 is 5.32 Å². The Morgan fingerprint density at radius 2 is 2.27 bits per heavy atom. The van der Waals surface area contributed by atoms with Crippen LogP contribution in [0.4, 0.5) is 0 Å². The van der Waals surface area contributed by atoms with E-state index in [0.29, 0.717) is 11.3 Å². The Morgan fingerprint density at radius 1 is 1.53 bits per heavy atom. The first-order chi connectivity index (χ1) is 7.13. The summed E-state index contributed by atoms with van der Waals surface area (Å²) in [6, 6.07) is 0.561. The largest absolute Gasteiger partial charge is 0.314 e. The lowest BCUT2D eigenvalue weighted by atomic mass is 10.2. The Labute approximate surface area is 95.9 Å². The summed E-state index contributed by atoms with van der Waals surface area (Å²) in [5.41, 5.74) is 0. The van der Waals surface area contributed by atoms with E-state index in [-0.39, 0.29) is 0 Å². The Bertz CT molecular complexity index is 287. The van der Waals surface area contributed by atoms with Gasteiger partial charge in [-0.15, -0.1) is 0 Å². The van der Waals surface area contributed by atoms with E-state index in [9.17, 15) is 0 Å². The van der Waals surface area contributed by atoms with Gasteiger partial charge in [0.05, 0.1) is 0 Å². The van der Waals surface area contributed by atoms with Crippen molar-refractivity contribution >= 4 is 11.8 Å². The van der Waals surface area contributed by atoms with Crippen LogP contribution in [0.3, 0.4) is 0 Å². The van der Waals surface area contributed by atoms with Crippen LogP contribution in [-0.2, 0) is 7.05 Å². The molecule has 1 heterocycles. The van der Waals surface area contributed by atoms with Gasteiger partial charge in [0, 0.05) is 18.3 Å². The molecule has 0 saturated heterocycles. The molecule has 1 rings (SSSR count). The maximum atomic E-state index is 4.20. The minimum atomic E-state index is 0.557. The first-order valence-electron chi connectivity index (χ1n) is 5.37. The highest BCUT2D eigenvalue weighted by atomic mass is 32.2. The molecule has 0 fully saturated rings. The van der Waals surface area contributed by atoms with E-state index in [0.717, 1.165) is 18.1 Å². The molecular weight excluding hydrogens is 208 g/mol. The molecule has 1 N–H and O–H groups in total. The lowest BCUT2D eigenvalue weighted by Gasteiger charge is -2.16. The van der Waals surface area contributed by atoms with Crippen LogP contribution in [0.1, 0.15) is 27.2 Å². The van der Waals surface area contributed by atoms with E-state index in [4.69, 9.17) is 0 Å². The highest BCUT2D eigenvalue weighted by Gasteiger charge is 2.11. The summed E-state index contributed by atoms with van der Waals surface area (Å²) in [4.78, 5) is 4.20. The van der Waals surface area contributed by atoms with Gasteiger partial charge in [-0.25, -0.2) is 9.67 Å². The van der Waals surface area contributed by atoms with Crippen LogP contribution in [-0.4, -0.2) is 32.6 Å². The molecule has 2 unspecified atom stereocenters. The molecule has 86 valence electrons. The van der Waals surface area contributed by atoms with Gasteiger partial charge in [0.2, 0.25) is 0 Å². The van der Waals surface area contributed by atoms with Crippen molar-refractivity contribution in [3.63, 3.8) is 0 Å². The lowest BCUT2D eigenvalue weighted by molar-refractivity contribution is 0.529. The summed E-state index contributed by atoms with van der Waals surface area (Å²) in [5, 5.41) is 9.02. The third-order valence-corrected chi connectivity index (χ3v) is 3.39. The third kappa shape index (κ3) is 4.22. The Hall–Kier alpha value is -0.550. The number of hydrogen-bond acceptors (Lipinski definition) is 4. The standard InChI is InChI=1S/C10H20N4S/c1-5-11-8(2)6-9(3)15-10-12-7-13-14(10)4/h7-9,11H,5-6H2,1-4H3. The summed E-state index contributed by atoms with van der Waals surface area (Å²) in [5.74, 6) is 0. The molecule has 2 atom stereocenters. The van der Waals surface area contributed by atoms with Gasteiger partial charge in [-0.3, -0.25) is 0 Å². The van der Waals surface area contributed by atoms with Crippen LogP contribution in [0.15, 0.2) is 11.5 Å². The van der Waals surface area contributed by atoms with E-state index >= 15 is 0 Å². The molecule has 5 heteroatoms. The van der Waals surface area contributed by atoms with Crippen molar-refractivity contribution in [1.29, 1.82) is 0 Å². The number of thioether (sulfide) groups is 1. The number of hydrogen-bond donors (Lipinski definition) is 1. The lowest BCUT2D eigenvalue weighted by Crippen LogP contribution is -2.28.